The standard InChI is InChI=1S/C16H23N5OS/c1-4-13(16-11(2)20-22-12(16)3)19-14-9-15(18-10-17-14)21-5-7-23-8-6-21/h9-10,13H,4-8H2,1-3H3,(H,17,18,19). The van der Waals surface area contributed by atoms with Gasteiger partial charge in [-0.3, -0.25) is 0 Å². The average Bonchev–Trinajstić information content (AvgIpc) is 2.93. The molecule has 124 valence electrons. The molecule has 0 bridgehead atoms. The predicted molar refractivity (Wildman–Crippen MR) is 94.2 cm³/mol. The molecule has 1 fully saturated rings. The molecule has 0 saturated carbocycles. The smallest absolute Gasteiger partial charge is 0.139 e. The zero-order valence-corrected chi connectivity index (χ0v) is 14.7. The zero-order chi connectivity index (χ0) is 16.2. The summed E-state index contributed by atoms with van der Waals surface area (Å²) in [5.41, 5.74) is 2.06. The van der Waals surface area contributed by atoms with E-state index in [0.717, 1.165) is 59.7 Å². The Balaban J connectivity index is 1.78. The second-order valence-electron chi connectivity index (χ2n) is 5.70. The van der Waals surface area contributed by atoms with E-state index in [0.29, 0.717) is 0 Å². The van der Waals surface area contributed by atoms with Crippen molar-refractivity contribution in [3.63, 3.8) is 0 Å². The van der Waals surface area contributed by atoms with Crippen molar-refractivity contribution >= 4 is 23.4 Å². The molecule has 1 atom stereocenters. The van der Waals surface area contributed by atoms with Crippen LogP contribution < -0.4 is 10.2 Å². The molecule has 0 aromatic carbocycles. The fourth-order valence-electron chi connectivity index (χ4n) is 2.94. The molecule has 2 aromatic heterocycles. The van der Waals surface area contributed by atoms with Gasteiger partial charge >= 0.3 is 0 Å². The van der Waals surface area contributed by atoms with Crippen LogP contribution in [0, 0.1) is 13.8 Å². The Labute approximate surface area is 141 Å². The molecule has 0 radical (unpaired) electrons. The molecule has 1 aliphatic heterocycles. The van der Waals surface area contributed by atoms with Gasteiger partial charge in [-0.1, -0.05) is 12.1 Å². The van der Waals surface area contributed by atoms with Crippen molar-refractivity contribution in [1.82, 2.24) is 15.1 Å². The fraction of sp³-hybridized carbons (Fsp3) is 0.562. The van der Waals surface area contributed by atoms with Crippen molar-refractivity contribution < 1.29 is 4.52 Å². The molecule has 23 heavy (non-hydrogen) atoms. The fourth-order valence-corrected chi connectivity index (χ4v) is 3.84. The summed E-state index contributed by atoms with van der Waals surface area (Å²) < 4.78 is 5.30. The zero-order valence-electron chi connectivity index (χ0n) is 13.9. The van der Waals surface area contributed by atoms with Crippen LogP contribution in [0.5, 0.6) is 0 Å². The van der Waals surface area contributed by atoms with Crippen LogP contribution in [0.15, 0.2) is 16.9 Å². The summed E-state index contributed by atoms with van der Waals surface area (Å²) in [7, 11) is 0. The van der Waals surface area contributed by atoms with E-state index >= 15 is 0 Å². The van der Waals surface area contributed by atoms with Gasteiger partial charge in [0.1, 0.15) is 23.7 Å². The molecule has 3 heterocycles. The van der Waals surface area contributed by atoms with E-state index in [-0.39, 0.29) is 6.04 Å². The Kier molecular flexibility index (Phi) is 5.05. The highest BCUT2D eigenvalue weighted by molar-refractivity contribution is 7.99. The molecule has 0 aliphatic carbocycles. The number of aryl methyl sites for hydroxylation is 2. The van der Waals surface area contributed by atoms with Crippen LogP contribution in [0.2, 0.25) is 0 Å². The molecule has 7 heteroatoms. The Morgan fingerprint density at radius 1 is 1.30 bits per heavy atom. The van der Waals surface area contributed by atoms with Crippen LogP contribution in [0.25, 0.3) is 0 Å². The number of aromatic nitrogens is 3. The molecule has 2 aromatic rings. The first kappa shape index (κ1) is 16.1. The lowest BCUT2D eigenvalue weighted by atomic mass is 10.0. The second kappa shape index (κ2) is 7.21. The van der Waals surface area contributed by atoms with Gasteiger partial charge < -0.3 is 14.7 Å². The molecular formula is C16H23N5OS. The molecule has 0 amide bonds. The molecule has 3 rings (SSSR count). The van der Waals surface area contributed by atoms with E-state index in [1.54, 1.807) is 6.33 Å². The summed E-state index contributed by atoms with van der Waals surface area (Å²) in [5, 5.41) is 7.57. The first-order valence-corrected chi connectivity index (χ1v) is 9.18. The number of hydrogen-bond acceptors (Lipinski definition) is 7. The van der Waals surface area contributed by atoms with Crippen LogP contribution in [0.3, 0.4) is 0 Å². The molecular weight excluding hydrogens is 310 g/mol. The number of anilines is 2. The average molecular weight is 333 g/mol. The first-order chi connectivity index (χ1) is 11.2. The maximum absolute atomic E-state index is 5.30. The number of nitrogens with one attached hydrogen (secondary N) is 1. The highest BCUT2D eigenvalue weighted by Crippen LogP contribution is 2.28. The number of thioether (sulfide) groups is 1. The van der Waals surface area contributed by atoms with E-state index in [4.69, 9.17) is 4.52 Å². The Morgan fingerprint density at radius 3 is 2.74 bits per heavy atom. The van der Waals surface area contributed by atoms with Gasteiger partial charge in [0.05, 0.1) is 11.7 Å². The Bertz CT molecular complexity index is 634. The van der Waals surface area contributed by atoms with Crippen LogP contribution in [0.4, 0.5) is 11.6 Å². The third kappa shape index (κ3) is 3.60. The summed E-state index contributed by atoms with van der Waals surface area (Å²) in [6.07, 6.45) is 2.57. The van der Waals surface area contributed by atoms with Gasteiger partial charge in [-0.2, -0.15) is 11.8 Å². The molecule has 6 nitrogen and oxygen atoms in total. The summed E-state index contributed by atoms with van der Waals surface area (Å²) in [4.78, 5) is 11.1. The van der Waals surface area contributed by atoms with Crippen LogP contribution in [0.1, 0.15) is 36.4 Å². The van der Waals surface area contributed by atoms with Crippen molar-refractivity contribution in [2.45, 2.75) is 33.2 Å². The van der Waals surface area contributed by atoms with Gasteiger partial charge in [-0.15, -0.1) is 0 Å². The molecule has 1 N–H and O–H groups in total. The Hall–Kier alpha value is -1.76. The van der Waals surface area contributed by atoms with Crippen LogP contribution in [-0.2, 0) is 0 Å². The second-order valence-corrected chi connectivity index (χ2v) is 6.93. The summed E-state index contributed by atoms with van der Waals surface area (Å²) in [6, 6.07) is 2.18. The van der Waals surface area contributed by atoms with Crippen molar-refractivity contribution in [2.75, 3.05) is 34.8 Å². The highest BCUT2D eigenvalue weighted by Gasteiger charge is 2.20. The van der Waals surface area contributed by atoms with Crippen molar-refractivity contribution in [3.8, 4) is 0 Å². The highest BCUT2D eigenvalue weighted by atomic mass is 32.2. The third-order valence-corrected chi connectivity index (χ3v) is 5.10. The van der Waals surface area contributed by atoms with E-state index in [9.17, 15) is 0 Å². The molecule has 1 unspecified atom stereocenters. The van der Waals surface area contributed by atoms with Crippen LogP contribution >= 0.6 is 11.8 Å². The SMILES string of the molecule is CCC(Nc1cc(N2CCSCC2)ncn1)c1c(C)noc1C. The lowest BCUT2D eigenvalue weighted by molar-refractivity contribution is 0.391. The molecule has 1 saturated heterocycles. The minimum Gasteiger partial charge on any atom is -0.363 e. The first-order valence-electron chi connectivity index (χ1n) is 8.03. The van der Waals surface area contributed by atoms with E-state index in [2.05, 4.69) is 32.3 Å². The maximum Gasteiger partial charge on any atom is 0.139 e. The molecule has 0 spiro atoms. The van der Waals surface area contributed by atoms with Crippen LogP contribution in [-0.4, -0.2) is 39.7 Å². The normalized spacial score (nSPS) is 16.4. The Morgan fingerprint density at radius 2 is 2.09 bits per heavy atom. The number of rotatable bonds is 5. The van der Waals surface area contributed by atoms with Gasteiger partial charge in [-0.05, 0) is 20.3 Å². The van der Waals surface area contributed by atoms with E-state index in [1.807, 2.05) is 31.7 Å². The summed E-state index contributed by atoms with van der Waals surface area (Å²) in [5.74, 6) is 5.02. The van der Waals surface area contributed by atoms with Crippen molar-refractivity contribution in [1.29, 1.82) is 0 Å². The maximum atomic E-state index is 5.30. The van der Waals surface area contributed by atoms with E-state index < -0.39 is 0 Å². The topological polar surface area (TPSA) is 67.1 Å². The minimum atomic E-state index is 0.140. The third-order valence-electron chi connectivity index (χ3n) is 4.16. The van der Waals surface area contributed by atoms with Gasteiger partial charge in [-0.25, -0.2) is 9.97 Å². The van der Waals surface area contributed by atoms with Crippen molar-refractivity contribution in [2.24, 2.45) is 0 Å². The lowest BCUT2D eigenvalue weighted by Crippen LogP contribution is -2.33. The van der Waals surface area contributed by atoms with E-state index in [1.165, 1.54) is 0 Å². The summed E-state index contributed by atoms with van der Waals surface area (Å²) >= 11 is 2.00. The quantitative estimate of drug-likeness (QED) is 0.901. The summed E-state index contributed by atoms with van der Waals surface area (Å²) in [6.45, 7) is 8.17. The molecule has 1 aliphatic rings. The van der Waals surface area contributed by atoms with Gasteiger partial charge in [0, 0.05) is 36.2 Å². The van der Waals surface area contributed by atoms with Gasteiger partial charge in [0.15, 0.2) is 0 Å². The monoisotopic (exact) mass is 333 g/mol. The predicted octanol–water partition coefficient (Wildman–Crippen LogP) is 3.20. The number of hydrogen-bond donors (Lipinski definition) is 1. The number of nitrogens with zero attached hydrogens (tertiary/aromatic N) is 4. The van der Waals surface area contributed by atoms with Crippen molar-refractivity contribution in [3.05, 3.63) is 29.4 Å². The lowest BCUT2D eigenvalue weighted by Gasteiger charge is -2.27. The largest absolute Gasteiger partial charge is 0.363 e. The van der Waals surface area contributed by atoms with Gasteiger partial charge in [0.2, 0.25) is 0 Å². The van der Waals surface area contributed by atoms with Gasteiger partial charge in [0.25, 0.3) is 0 Å². The minimum absolute atomic E-state index is 0.140.